The standard InChI is InChI=1S/C40H19F13N4.Zn/c1-2-21-19-31-33(23-11-7-4-8-12-23)27-16-18-29(56-27)34(35(41,42)36(43,44)37(45,46)38(47,48)39(49,50)40(51,52)53)28-17-15-26(55-28)32(22-9-5-3-6-10-22)25-14-13-24(54-25)20-30(21)57-31;/h1,3-20H;/q-2;+2. The molecule has 8 bridgehead atoms. The summed E-state index contributed by atoms with van der Waals surface area (Å²) in [7, 11) is 0. The number of hydrogen-bond donors (Lipinski definition) is 0. The Morgan fingerprint density at radius 1 is 0.517 bits per heavy atom. The summed E-state index contributed by atoms with van der Waals surface area (Å²) in [5, 5.41) is 0. The monoisotopic (exact) mass is 866 g/mol. The Balaban J connectivity index is 0.00000567. The normalized spacial score (nSPS) is 13.8. The van der Waals surface area contributed by atoms with Gasteiger partial charge < -0.3 is 9.97 Å². The van der Waals surface area contributed by atoms with Crippen LogP contribution in [0.4, 0.5) is 57.1 Å². The van der Waals surface area contributed by atoms with E-state index in [4.69, 9.17) is 6.42 Å². The van der Waals surface area contributed by atoms with Crippen LogP contribution in [0.1, 0.15) is 28.3 Å². The van der Waals surface area contributed by atoms with Gasteiger partial charge in [0.15, 0.2) is 0 Å². The Morgan fingerprint density at radius 2 is 1.02 bits per heavy atom. The summed E-state index contributed by atoms with van der Waals surface area (Å²) >= 11 is 0. The SMILES string of the molecule is C#CC1=Cc2nc1cc1ccc([n-]1)c(-c1ccccc1)c1nc(c(C(F)(F)C(F)(F)C(F)(F)C(F)(F)C(F)(F)C(F)(F)F)c3ccc([n-]3)c2-c2ccccc2)C=C1.[Zn+2]. The largest absolute Gasteiger partial charge is 2.00 e. The van der Waals surface area contributed by atoms with Crippen molar-refractivity contribution in [1.82, 2.24) is 19.9 Å². The Labute approximate surface area is 331 Å². The van der Waals surface area contributed by atoms with Gasteiger partial charge in [0.2, 0.25) is 0 Å². The van der Waals surface area contributed by atoms with Gasteiger partial charge >= 0.3 is 55.3 Å². The number of terminal acetylenes is 1. The first kappa shape index (κ1) is 41.9. The van der Waals surface area contributed by atoms with Crippen molar-refractivity contribution in [2.24, 2.45) is 0 Å². The molecule has 0 radical (unpaired) electrons. The zero-order valence-electron chi connectivity index (χ0n) is 28.9. The van der Waals surface area contributed by atoms with Crippen molar-refractivity contribution >= 4 is 45.9 Å². The molecule has 5 aromatic rings. The van der Waals surface area contributed by atoms with Crippen LogP contribution in [0.5, 0.6) is 0 Å². The van der Waals surface area contributed by atoms with E-state index >= 15 is 26.3 Å². The first-order valence-electron chi connectivity index (χ1n) is 16.2. The van der Waals surface area contributed by atoms with Crippen molar-refractivity contribution in [1.29, 1.82) is 0 Å². The van der Waals surface area contributed by atoms with Crippen molar-refractivity contribution in [3.05, 3.63) is 119 Å². The van der Waals surface area contributed by atoms with Crippen LogP contribution in [-0.2, 0) is 25.4 Å². The van der Waals surface area contributed by atoms with Crippen LogP contribution in [-0.4, -0.2) is 39.8 Å². The van der Waals surface area contributed by atoms with Gasteiger partial charge in [-0.05, 0) is 46.5 Å². The Hall–Kier alpha value is -5.69. The molecule has 0 unspecified atom stereocenters. The molecule has 0 spiro atoms. The van der Waals surface area contributed by atoms with Crippen LogP contribution in [0.2, 0.25) is 0 Å². The van der Waals surface area contributed by atoms with Crippen molar-refractivity contribution in [3.63, 3.8) is 0 Å². The van der Waals surface area contributed by atoms with Crippen LogP contribution in [0, 0.1) is 12.3 Å². The molecule has 58 heavy (non-hydrogen) atoms. The van der Waals surface area contributed by atoms with Crippen molar-refractivity contribution in [2.75, 3.05) is 0 Å². The molecule has 0 atom stereocenters. The van der Waals surface area contributed by atoms with Gasteiger partial charge in [-0.15, -0.1) is 28.5 Å². The molecular weight excluding hydrogens is 849 g/mol. The first-order chi connectivity index (χ1) is 26.6. The number of nitrogens with zero attached hydrogens (tertiary/aromatic N) is 4. The van der Waals surface area contributed by atoms with Crippen LogP contribution in [0.3, 0.4) is 0 Å². The van der Waals surface area contributed by atoms with Crippen LogP contribution < -0.4 is 9.97 Å². The van der Waals surface area contributed by atoms with Crippen molar-refractivity contribution < 1.29 is 76.6 Å². The number of aromatic nitrogens is 4. The van der Waals surface area contributed by atoms with Gasteiger partial charge in [-0.25, -0.2) is 9.97 Å². The summed E-state index contributed by atoms with van der Waals surface area (Å²) in [6.07, 6.45) is 1.19. The average molecular weight is 868 g/mol. The van der Waals surface area contributed by atoms with Crippen molar-refractivity contribution in [3.8, 4) is 34.6 Å². The fourth-order valence-corrected chi connectivity index (χ4v) is 6.25. The molecule has 2 aliphatic rings. The molecule has 5 heterocycles. The number of hydrogen-bond acceptors (Lipinski definition) is 2. The van der Waals surface area contributed by atoms with Crippen LogP contribution in [0.15, 0.2) is 91.0 Å². The van der Waals surface area contributed by atoms with E-state index in [0.717, 1.165) is 12.1 Å². The number of halogens is 13. The number of rotatable bonds is 7. The smallest absolute Gasteiger partial charge is 0.657 e. The predicted molar refractivity (Wildman–Crippen MR) is 185 cm³/mol. The zero-order chi connectivity index (χ0) is 41.3. The molecule has 2 aromatic carbocycles. The molecule has 0 aliphatic carbocycles. The summed E-state index contributed by atoms with van der Waals surface area (Å²) < 4.78 is 190. The molecular formula is C40H19F13N4Zn. The molecule has 292 valence electrons. The molecule has 0 fully saturated rings. The van der Waals surface area contributed by atoms with E-state index in [0.29, 0.717) is 17.7 Å². The number of alkyl halides is 13. The molecule has 4 nitrogen and oxygen atoms in total. The summed E-state index contributed by atoms with van der Waals surface area (Å²) in [6.45, 7) is 0. The molecule has 7 rings (SSSR count). The van der Waals surface area contributed by atoms with E-state index in [1.807, 2.05) is 0 Å². The quantitative estimate of drug-likeness (QED) is 0.0911. The fraction of sp³-hybridized carbons (Fsp3) is 0.150. The van der Waals surface area contributed by atoms with Gasteiger partial charge in [-0.1, -0.05) is 90.8 Å². The van der Waals surface area contributed by atoms with Gasteiger partial charge in [0.25, 0.3) is 0 Å². The number of benzene rings is 2. The van der Waals surface area contributed by atoms with Gasteiger partial charge in [-0.2, -0.15) is 57.1 Å². The maximum Gasteiger partial charge on any atom is 2.00 e. The Kier molecular flexibility index (Phi) is 10.3. The maximum atomic E-state index is 16.4. The average Bonchev–Trinajstić information content (AvgIpc) is 3.98. The Morgan fingerprint density at radius 3 is 1.59 bits per heavy atom. The van der Waals surface area contributed by atoms with E-state index in [1.165, 1.54) is 42.5 Å². The van der Waals surface area contributed by atoms with Gasteiger partial charge in [0.05, 0.1) is 28.3 Å². The summed E-state index contributed by atoms with van der Waals surface area (Å²) in [5.74, 6) is -36.0. The molecule has 0 N–H and O–H groups in total. The van der Waals surface area contributed by atoms with Crippen molar-refractivity contribution in [2.45, 2.75) is 35.8 Å². The van der Waals surface area contributed by atoms with Crippen LogP contribution >= 0.6 is 0 Å². The molecule has 0 saturated heterocycles. The van der Waals surface area contributed by atoms with E-state index in [1.54, 1.807) is 42.5 Å². The minimum absolute atomic E-state index is 0. The minimum Gasteiger partial charge on any atom is -0.657 e. The van der Waals surface area contributed by atoms with E-state index in [2.05, 4.69) is 25.9 Å². The van der Waals surface area contributed by atoms with E-state index in [-0.39, 0.29) is 75.4 Å². The molecule has 0 saturated carbocycles. The number of fused-ring (bicyclic) bond motifs is 8. The second-order valence-corrected chi connectivity index (χ2v) is 12.6. The third kappa shape index (κ3) is 6.40. The van der Waals surface area contributed by atoms with Gasteiger partial charge in [-0.3, -0.25) is 0 Å². The summed E-state index contributed by atoms with van der Waals surface area (Å²) in [4.78, 5) is 17.1. The molecule has 0 amide bonds. The van der Waals surface area contributed by atoms with Gasteiger partial charge in [0, 0.05) is 5.56 Å². The van der Waals surface area contributed by atoms with Crippen LogP contribution in [0.25, 0.3) is 68.1 Å². The summed E-state index contributed by atoms with van der Waals surface area (Å²) in [5.41, 5.74) is -4.15. The summed E-state index contributed by atoms with van der Waals surface area (Å²) in [6, 6.07) is 21.5. The molecule has 2 aliphatic heterocycles. The topological polar surface area (TPSA) is 54.0 Å². The Bertz CT molecular complexity index is 2670. The molecule has 18 heteroatoms. The maximum absolute atomic E-state index is 16.4. The fourth-order valence-electron chi connectivity index (χ4n) is 6.25. The first-order valence-corrected chi connectivity index (χ1v) is 16.2. The second-order valence-electron chi connectivity index (χ2n) is 12.6. The van der Waals surface area contributed by atoms with E-state index in [9.17, 15) is 30.7 Å². The zero-order valence-corrected chi connectivity index (χ0v) is 31.8. The second kappa shape index (κ2) is 14.3. The third-order valence-electron chi connectivity index (χ3n) is 9.09. The number of allylic oxidation sites excluding steroid dienone is 1. The van der Waals surface area contributed by atoms with Gasteiger partial charge in [0.1, 0.15) is 0 Å². The molecule has 3 aromatic heterocycles. The predicted octanol–water partition coefficient (Wildman–Crippen LogP) is 11.4. The van der Waals surface area contributed by atoms with E-state index < -0.39 is 52.6 Å². The third-order valence-corrected chi connectivity index (χ3v) is 9.09. The minimum atomic E-state index is -8.12.